The number of hydrogen-bond donors (Lipinski definition) is 2. The van der Waals surface area contributed by atoms with Crippen molar-refractivity contribution < 1.29 is 4.79 Å². The van der Waals surface area contributed by atoms with Gasteiger partial charge in [0, 0.05) is 19.2 Å². The molecule has 6 nitrogen and oxygen atoms in total. The molecular formula is C18H20Cl2N4O2. The van der Waals surface area contributed by atoms with Crippen molar-refractivity contribution in [3.05, 3.63) is 55.9 Å². The van der Waals surface area contributed by atoms with E-state index >= 15 is 0 Å². The summed E-state index contributed by atoms with van der Waals surface area (Å²) in [6.07, 6.45) is 2.34. The van der Waals surface area contributed by atoms with Crippen molar-refractivity contribution in [3.63, 3.8) is 0 Å². The molecule has 1 aliphatic heterocycles. The van der Waals surface area contributed by atoms with Gasteiger partial charge in [0.1, 0.15) is 0 Å². The summed E-state index contributed by atoms with van der Waals surface area (Å²) in [5.74, 6) is 0.385. The maximum absolute atomic E-state index is 12.3. The van der Waals surface area contributed by atoms with Crippen LogP contribution in [0.1, 0.15) is 37.1 Å². The first kappa shape index (κ1) is 18.7. The van der Waals surface area contributed by atoms with Gasteiger partial charge in [-0.15, -0.1) is 0 Å². The summed E-state index contributed by atoms with van der Waals surface area (Å²) < 4.78 is 0. The number of carbonyl (C=O) groups is 1. The van der Waals surface area contributed by atoms with E-state index in [0.717, 1.165) is 31.5 Å². The third-order valence-corrected chi connectivity index (χ3v) is 5.06. The molecule has 1 aliphatic rings. The Morgan fingerprint density at radius 3 is 2.69 bits per heavy atom. The Hall–Kier alpha value is -2.05. The number of nitrogens with one attached hydrogen (secondary N) is 2. The van der Waals surface area contributed by atoms with Crippen molar-refractivity contribution in [2.24, 2.45) is 0 Å². The van der Waals surface area contributed by atoms with E-state index in [0.29, 0.717) is 21.7 Å². The summed E-state index contributed by atoms with van der Waals surface area (Å²) in [6.45, 7) is 3.57. The summed E-state index contributed by atoms with van der Waals surface area (Å²) in [6, 6.07) is 6.13. The number of rotatable bonds is 5. The van der Waals surface area contributed by atoms with E-state index < -0.39 is 0 Å². The Morgan fingerprint density at radius 1 is 1.27 bits per heavy atom. The summed E-state index contributed by atoms with van der Waals surface area (Å²) in [5, 5.41) is 3.74. The number of H-pyrrole nitrogens is 1. The Morgan fingerprint density at radius 2 is 2.00 bits per heavy atom. The Kier molecular flexibility index (Phi) is 5.84. The van der Waals surface area contributed by atoms with E-state index in [1.54, 1.807) is 18.2 Å². The summed E-state index contributed by atoms with van der Waals surface area (Å²) >= 11 is 11.9. The van der Waals surface area contributed by atoms with Gasteiger partial charge in [-0.2, -0.15) is 0 Å². The second-order valence-electron chi connectivity index (χ2n) is 6.40. The molecule has 1 amide bonds. The molecule has 1 atom stereocenters. The SMILES string of the molecule is C[C@@H](NC(=O)Cc1ccc(Cl)c(Cl)c1)c1cc(=O)[nH]c(N2CCCC2)n1. The maximum Gasteiger partial charge on any atom is 0.252 e. The Bertz CT molecular complexity index is 863. The monoisotopic (exact) mass is 394 g/mol. The van der Waals surface area contributed by atoms with E-state index in [9.17, 15) is 9.59 Å². The predicted octanol–water partition coefficient (Wildman–Crippen LogP) is 3.10. The van der Waals surface area contributed by atoms with Gasteiger partial charge in [-0.1, -0.05) is 29.3 Å². The molecule has 1 fully saturated rings. The average Bonchev–Trinajstić information content (AvgIpc) is 3.12. The molecule has 2 N–H and O–H groups in total. The Labute approximate surface area is 161 Å². The van der Waals surface area contributed by atoms with Crippen molar-refractivity contribution in [2.45, 2.75) is 32.2 Å². The first-order valence-electron chi connectivity index (χ1n) is 8.52. The quantitative estimate of drug-likeness (QED) is 0.816. The molecule has 26 heavy (non-hydrogen) atoms. The van der Waals surface area contributed by atoms with E-state index in [-0.39, 0.29) is 23.9 Å². The number of amides is 1. The van der Waals surface area contributed by atoms with E-state index in [1.165, 1.54) is 6.07 Å². The minimum absolute atomic E-state index is 0.170. The predicted molar refractivity (Wildman–Crippen MR) is 103 cm³/mol. The van der Waals surface area contributed by atoms with E-state index in [4.69, 9.17) is 23.2 Å². The molecule has 1 aromatic carbocycles. The molecular weight excluding hydrogens is 375 g/mol. The largest absolute Gasteiger partial charge is 0.348 e. The number of nitrogens with zero attached hydrogens (tertiary/aromatic N) is 2. The van der Waals surface area contributed by atoms with Crippen LogP contribution in [0.15, 0.2) is 29.1 Å². The summed E-state index contributed by atoms with van der Waals surface area (Å²) in [7, 11) is 0. The van der Waals surface area contributed by atoms with Gasteiger partial charge < -0.3 is 10.2 Å². The van der Waals surface area contributed by atoms with Gasteiger partial charge in [0.2, 0.25) is 11.9 Å². The first-order valence-corrected chi connectivity index (χ1v) is 9.27. The van der Waals surface area contributed by atoms with Gasteiger partial charge in [-0.25, -0.2) is 4.98 Å². The molecule has 1 saturated heterocycles. The zero-order valence-corrected chi connectivity index (χ0v) is 15.9. The lowest BCUT2D eigenvalue weighted by molar-refractivity contribution is -0.121. The van der Waals surface area contributed by atoms with E-state index in [2.05, 4.69) is 20.2 Å². The Balaban J connectivity index is 1.68. The van der Waals surface area contributed by atoms with Crippen LogP contribution in [0, 0.1) is 0 Å². The summed E-state index contributed by atoms with van der Waals surface area (Å²) in [5.41, 5.74) is 1.08. The standard InChI is InChI=1S/C18H20Cl2N4O2/c1-11(21-16(25)9-12-4-5-13(19)14(20)8-12)15-10-17(26)23-18(22-15)24-6-2-3-7-24/h4-5,8,10-11H,2-3,6-7,9H2,1H3,(H,21,25)(H,22,23,26)/t11-/m1/s1. The normalized spacial score (nSPS) is 15.1. The molecule has 0 saturated carbocycles. The number of halogens is 2. The molecule has 2 heterocycles. The topological polar surface area (TPSA) is 78.1 Å². The van der Waals surface area contributed by atoms with Crippen LogP contribution < -0.4 is 15.8 Å². The number of aromatic amines is 1. The first-order chi connectivity index (χ1) is 12.4. The van der Waals surface area contributed by atoms with Crippen molar-refractivity contribution in [3.8, 4) is 0 Å². The smallest absolute Gasteiger partial charge is 0.252 e. The van der Waals surface area contributed by atoms with E-state index in [1.807, 2.05) is 6.92 Å². The highest BCUT2D eigenvalue weighted by Crippen LogP contribution is 2.23. The number of aromatic nitrogens is 2. The minimum Gasteiger partial charge on any atom is -0.348 e. The molecule has 8 heteroatoms. The summed E-state index contributed by atoms with van der Waals surface area (Å²) in [4.78, 5) is 33.6. The number of anilines is 1. The average molecular weight is 395 g/mol. The highest BCUT2D eigenvalue weighted by Gasteiger charge is 2.18. The fourth-order valence-corrected chi connectivity index (χ4v) is 3.29. The van der Waals surface area contributed by atoms with Gasteiger partial charge in [0.25, 0.3) is 5.56 Å². The lowest BCUT2D eigenvalue weighted by Crippen LogP contribution is -2.31. The number of benzene rings is 1. The number of carbonyl (C=O) groups excluding carboxylic acids is 1. The molecule has 2 aromatic rings. The van der Waals surface area contributed by atoms with Gasteiger partial charge >= 0.3 is 0 Å². The fourth-order valence-electron chi connectivity index (χ4n) is 2.97. The molecule has 3 rings (SSSR count). The van der Waals surface area contributed by atoms with Crippen LogP contribution in [0.3, 0.4) is 0 Å². The minimum atomic E-state index is -0.381. The van der Waals surface area contributed by atoms with Crippen molar-refractivity contribution in [1.82, 2.24) is 15.3 Å². The van der Waals surface area contributed by atoms with Crippen molar-refractivity contribution >= 4 is 35.1 Å². The van der Waals surface area contributed by atoms with Crippen molar-refractivity contribution in [2.75, 3.05) is 18.0 Å². The van der Waals surface area contributed by atoms with Crippen molar-refractivity contribution in [1.29, 1.82) is 0 Å². The highest BCUT2D eigenvalue weighted by molar-refractivity contribution is 6.42. The van der Waals surface area contributed by atoms with Crippen LogP contribution in [0.5, 0.6) is 0 Å². The lowest BCUT2D eigenvalue weighted by atomic mass is 10.1. The van der Waals surface area contributed by atoms with Gasteiger partial charge in [0.15, 0.2) is 0 Å². The van der Waals surface area contributed by atoms with Crippen LogP contribution in [-0.2, 0) is 11.2 Å². The van der Waals surface area contributed by atoms with Gasteiger partial charge in [-0.05, 0) is 37.5 Å². The zero-order chi connectivity index (χ0) is 18.7. The van der Waals surface area contributed by atoms with Crippen LogP contribution in [0.4, 0.5) is 5.95 Å². The van der Waals surface area contributed by atoms with Crippen LogP contribution >= 0.6 is 23.2 Å². The molecule has 138 valence electrons. The molecule has 0 radical (unpaired) electrons. The van der Waals surface area contributed by atoms with Crippen LogP contribution in [-0.4, -0.2) is 29.0 Å². The maximum atomic E-state index is 12.3. The van der Waals surface area contributed by atoms with Crippen LogP contribution in [0.25, 0.3) is 0 Å². The van der Waals surface area contributed by atoms with Gasteiger partial charge in [-0.3, -0.25) is 14.6 Å². The lowest BCUT2D eigenvalue weighted by Gasteiger charge is -2.19. The molecule has 0 unspecified atom stereocenters. The zero-order valence-electron chi connectivity index (χ0n) is 14.4. The molecule has 0 spiro atoms. The molecule has 0 bridgehead atoms. The second-order valence-corrected chi connectivity index (χ2v) is 7.22. The fraction of sp³-hybridized carbons (Fsp3) is 0.389. The highest BCUT2D eigenvalue weighted by atomic mass is 35.5. The number of hydrogen-bond acceptors (Lipinski definition) is 4. The third kappa shape index (κ3) is 4.56. The molecule has 1 aromatic heterocycles. The second kappa shape index (κ2) is 8.10. The van der Waals surface area contributed by atoms with Crippen LogP contribution in [0.2, 0.25) is 10.0 Å². The van der Waals surface area contributed by atoms with Gasteiger partial charge in [0.05, 0.1) is 28.2 Å². The molecule has 0 aliphatic carbocycles. The third-order valence-electron chi connectivity index (χ3n) is 4.32.